The summed E-state index contributed by atoms with van der Waals surface area (Å²) in [5.74, 6) is 1.33. The number of nitrogens with zero attached hydrogens (tertiary/aromatic N) is 1. The van der Waals surface area contributed by atoms with Crippen molar-refractivity contribution in [3.63, 3.8) is 0 Å². The number of aromatic amines is 1. The molecule has 1 heterocycles. The highest BCUT2D eigenvalue weighted by atomic mass is 32.2. The lowest BCUT2D eigenvalue weighted by Gasteiger charge is -2.13. The van der Waals surface area contributed by atoms with Gasteiger partial charge in [0.05, 0.1) is 19.2 Å². The molecule has 0 radical (unpaired) electrons. The van der Waals surface area contributed by atoms with E-state index in [1.54, 1.807) is 7.11 Å². The summed E-state index contributed by atoms with van der Waals surface area (Å²) in [6.45, 7) is 0.630. The second-order valence-electron chi connectivity index (χ2n) is 7.07. The molecule has 2 N–H and O–H groups in total. The number of rotatable bonds is 9. The quantitative estimate of drug-likeness (QED) is 0.373. The maximum absolute atomic E-state index is 12.2. The van der Waals surface area contributed by atoms with Gasteiger partial charge in [-0.3, -0.25) is 9.59 Å². The smallest absolute Gasteiger partial charge is 0.251 e. The van der Waals surface area contributed by atoms with E-state index in [1.165, 1.54) is 36.2 Å². The van der Waals surface area contributed by atoms with Gasteiger partial charge in [0.1, 0.15) is 5.75 Å². The zero-order valence-corrected chi connectivity index (χ0v) is 17.5. The zero-order valence-electron chi connectivity index (χ0n) is 16.7. The van der Waals surface area contributed by atoms with Crippen LogP contribution in [-0.2, 0) is 17.0 Å². The third-order valence-corrected chi connectivity index (χ3v) is 5.72. The van der Waals surface area contributed by atoms with Gasteiger partial charge >= 0.3 is 0 Å². The lowest BCUT2D eigenvalue weighted by atomic mass is 9.97. The van der Waals surface area contributed by atoms with Crippen LogP contribution in [0.5, 0.6) is 5.75 Å². The van der Waals surface area contributed by atoms with Crippen molar-refractivity contribution in [2.75, 3.05) is 13.7 Å². The number of hydrogen-bond acceptors (Lipinski definition) is 5. The molecule has 1 aromatic carbocycles. The Morgan fingerprint density at radius 1 is 1.31 bits per heavy atom. The predicted octanol–water partition coefficient (Wildman–Crippen LogP) is 3.62. The number of carbonyl (C=O) groups is 1. The lowest BCUT2D eigenvalue weighted by molar-refractivity contribution is -0.120. The molecule has 0 spiro atoms. The number of methoxy groups -OCH3 is 1. The molecule has 1 aliphatic carbocycles. The number of nitrogens with one attached hydrogen (secondary N) is 2. The molecule has 1 amide bonds. The van der Waals surface area contributed by atoms with Crippen molar-refractivity contribution in [2.24, 2.45) is 0 Å². The summed E-state index contributed by atoms with van der Waals surface area (Å²) < 4.78 is 5.23. The molecule has 0 saturated heterocycles. The Labute approximate surface area is 175 Å². The molecule has 154 valence electrons. The Morgan fingerprint density at radius 3 is 3.00 bits per heavy atom. The van der Waals surface area contributed by atoms with Crippen molar-refractivity contribution in [3.8, 4) is 5.75 Å². The fourth-order valence-electron chi connectivity index (χ4n) is 3.28. The summed E-state index contributed by atoms with van der Waals surface area (Å²) in [7, 11) is 1.63. The Morgan fingerprint density at radius 2 is 2.21 bits per heavy atom. The topological polar surface area (TPSA) is 84.1 Å². The molecule has 0 fully saturated rings. The van der Waals surface area contributed by atoms with Gasteiger partial charge in [0.2, 0.25) is 5.91 Å². The van der Waals surface area contributed by atoms with E-state index >= 15 is 0 Å². The molecule has 6 nitrogen and oxygen atoms in total. The summed E-state index contributed by atoms with van der Waals surface area (Å²) in [6.07, 6.45) is 8.09. The highest BCUT2D eigenvalue weighted by Gasteiger charge is 2.09. The van der Waals surface area contributed by atoms with E-state index in [9.17, 15) is 9.59 Å². The Balaban J connectivity index is 1.51. The van der Waals surface area contributed by atoms with E-state index in [0.717, 1.165) is 30.6 Å². The van der Waals surface area contributed by atoms with Gasteiger partial charge in [-0.1, -0.05) is 35.5 Å². The van der Waals surface area contributed by atoms with Gasteiger partial charge < -0.3 is 15.0 Å². The molecule has 1 aromatic heterocycles. The van der Waals surface area contributed by atoms with Crippen molar-refractivity contribution in [1.29, 1.82) is 0 Å². The van der Waals surface area contributed by atoms with Crippen LogP contribution in [0.3, 0.4) is 0 Å². The molecule has 3 rings (SSSR count). The molecule has 29 heavy (non-hydrogen) atoms. The van der Waals surface area contributed by atoms with Gasteiger partial charge in [0.15, 0.2) is 5.16 Å². The van der Waals surface area contributed by atoms with Gasteiger partial charge in [-0.05, 0) is 49.8 Å². The predicted molar refractivity (Wildman–Crippen MR) is 115 cm³/mol. The summed E-state index contributed by atoms with van der Waals surface area (Å²) >= 11 is 1.42. The highest BCUT2D eigenvalue weighted by molar-refractivity contribution is 7.98. The van der Waals surface area contributed by atoms with Gasteiger partial charge in [-0.2, -0.15) is 0 Å². The fraction of sp³-hybridized carbons (Fsp3) is 0.409. The molecule has 0 saturated carbocycles. The van der Waals surface area contributed by atoms with Crippen LogP contribution in [0.2, 0.25) is 0 Å². The monoisotopic (exact) mass is 413 g/mol. The molecule has 0 bridgehead atoms. The number of thioether (sulfide) groups is 1. The first-order valence-corrected chi connectivity index (χ1v) is 10.9. The normalized spacial score (nSPS) is 13.6. The molecule has 0 aliphatic heterocycles. The van der Waals surface area contributed by atoms with Crippen LogP contribution in [0.1, 0.15) is 43.4 Å². The van der Waals surface area contributed by atoms with E-state index in [2.05, 4.69) is 21.4 Å². The van der Waals surface area contributed by atoms with E-state index in [0.29, 0.717) is 23.1 Å². The third kappa shape index (κ3) is 7.09. The Bertz CT molecular complexity index is 924. The second kappa shape index (κ2) is 10.9. The number of aromatic nitrogens is 2. The van der Waals surface area contributed by atoms with Gasteiger partial charge in [-0.25, -0.2) is 4.98 Å². The number of H-pyrrole nitrogens is 1. The maximum atomic E-state index is 12.2. The summed E-state index contributed by atoms with van der Waals surface area (Å²) in [5, 5.41) is 3.44. The number of carbonyl (C=O) groups excluding carboxylic acids is 1. The van der Waals surface area contributed by atoms with Crippen LogP contribution in [0.25, 0.3) is 0 Å². The minimum atomic E-state index is -0.247. The van der Waals surface area contributed by atoms with E-state index < -0.39 is 0 Å². The summed E-state index contributed by atoms with van der Waals surface area (Å²) in [6, 6.07) is 9.14. The minimum absolute atomic E-state index is 0.107. The van der Waals surface area contributed by atoms with Crippen molar-refractivity contribution in [2.45, 2.75) is 49.4 Å². The average molecular weight is 414 g/mol. The molecular weight excluding hydrogens is 386 g/mol. The fourth-order valence-corrected chi connectivity index (χ4v) is 4.12. The van der Waals surface area contributed by atoms with Crippen molar-refractivity contribution in [1.82, 2.24) is 15.3 Å². The van der Waals surface area contributed by atoms with Crippen LogP contribution in [-0.4, -0.2) is 29.5 Å². The van der Waals surface area contributed by atoms with Crippen molar-refractivity contribution >= 4 is 17.7 Å². The Kier molecular flexibility index (Phi) is 7.93. The van der Waals surface area contributed by atoms with Crippen LogP contribution in [0.4, 0.5) is 0 Å². The number of ether oxygens (including phenoxy) is 1. The molecule has 1 aliphatic rings. The van der Waals surface area contributed by atoms with E-state index in [-0.39, 0.29) is 17.9 Å². The second-order valence-corrected chi connectivity index (χ2v) is 8.03. The molecule has 0 atom stereocenters. The number of hydrogen-bond donors (Lipinski definition) is 2. The van der Waals surface area contributed by atoms with Crippen LogP contribution < -0.4 is 15.6 Å². The largest absolute Gasteiger partial charge is 0.497 e. The standard InChI is InChI=1S/C22H27N3O3S/c1-28-19-9-5-8-17(12-19)15-29-22-24-18(14-21(27)25-22)13-20(26)23-11-10-16-6-3-2-4-7-16/h5-6,8-9,12,14H,2-4,7,10-11,13,15H2,1H3,(H,23,26)(H,24,25,27). The number of allylic oxidation sites excluding steroid dienone is 1. The lowest BCUT2D eigenvalue weighted by Crippen LogP contribution is -2.27. The first-order valence-electron chi connectivity index (χ1n) is 9.93. The van der Waals surface area contributed by atoms with Gasteiger partial charge in [0, 0.05) is 18.4 Å². The van der Waals surface area contributed by atoms with Crippen LogP contribution in [0, 0.1) is 0 Å². The Hall–Kier alpha value is -2.54. The van der Waals surface area contributed by atoms with Gasteiger partial charge in [0.25, 0.3) is 5.56 Å². The van der Waals surface area contributed by atoms with Crippen LogP contribution >= 0.6 is 11.8 Å². The maximum Gasteiger partial charge on any atom is 0.251 e. The van der Waals surface area contributed by atoms with Crippen LogP contribution in [0.15, 0.2) is 51.9 Å². The average Bonchev–Trinajstić information content (AvgIpc) is 2.73. The number of benzene rings is 1. The molecular formula is C22H27N3O3S. The third-order valence-electron chi connectivity index (χ3n) is 4.78. The molecule has 7 heteroatoms. The number of amides is 1. The van der Waals surface area contributed by atoms with E-state index in [4.69, 9.17) is 4.74 Å². The SMILES string of the molecule is COc1cccc(CSc2nc(CC(=O)NCCC3=CCCCC3)cc(=O)[nH]2)c1. The first kappa shape index (κ1) is 21.2. The first-order chi connectivity index (χ1) is 14.1. The zero-order chi connectivity index (χ0) is 20.5. The van der Waals surface area contributed by atoms with Crippen molar-refractivity contribution in [3.05, 3.63) is 63.6 Å². The summed E-state index contributed by atoms with van der Waals surface area (Å²) in [5.41, 5.74) is 2.73. The summed E-state index contributed by atoms with van der Waals surface area (Å²) in [4.78, 5) is 31.3. The molecule has 2 aromatic rings. The van der Waals surface area contributed by atoms with Crippen molar-refractivity contribution < 1.29 is 9.53 Å². The van der Waals surface area contributed by atoms with Gasteiger partial charge in [-0.15, -0.1) is 0 Å². The van der Waals surface area contributed by atoms with E-state index in [1.807, 2.05) is 24.3 Å². The minimum Gasteiger partial charge on any atom is -0.497 e. The molecule has 0 unspecified atom stereocenters. The highest BCUT2D eigenvalue weighted by Crippen LogP contribution is 2.22.